The molecule has 1 N–H and O–H groups in total. The molecule has 2 heterocycles. The van der Waals surface area contributed by atoms with Crippen molar-refractivity contribution < 1.29 is 14.3 Å². The van der Waals surface area contributed by atoms with E-state index in [4.69, 9.17) is 9.47 Å². The molecule has 3 aromatic rings. The van der Waals surface area contributed by atoms with Gasteiger partial charge < -0.3 is 9.47 Å². The Morgan fingerprint density at radius 1 is 1.15 bits per heavy atom. The standard InChI is InChI=1S/C19H17N3O3S/c1-2-14(12-6-4-3-5-7-12)17(23)20-19-22-21-18(26-19)13-8-9-15-16(10-13)25-11-24-15/h3-10,14H,2,11H2,1H3,(H,20,22,23)/t14-/m0/s1. The molecule has 0 bridgehead atoms. The van der Waals surface area contributed by atoms with Crippen molar-refractivity contribution in [3.05, 3.63) is 54.1 Å². The summed E-state index contributed by atoms with van der Waals surface area (Å²) in [7, 11) is 0. The highest BCUT2D eigenvalue weighted by Gasteiger charge is 2.21. The van der Waals surface area contributed by atoms with Crippen LogP contribution in [-0.4, -0.2) is 22.9 Å². The second-order valence-electron chi connectivity index (χ2n) is 5.84. The topological polar surface area (TPSA) is 73.3 Å². The average molecular weight is 367 g/mol. The number of fused-ring (bicyclic) bond motifs is 1. The molecular formula is C19H17N3O3S. The predicted molar refractivity (Wildman–Crippen MR) is 99.6 cm³/mol. The molecule has 6 nitrogen and oxygen atoms in total. The van der Waals surface area contributed by atoms with E-state index < -0.39 is 0 Å². The first-order chi connectivity index (χ1) is 12.7. The van der Waals surface area contributed by atoms with Crippen LogP contribution in [0.4, 0.5) is 5.13 Å². The Morgan fingerprint density at radius 2 is 1.96 bits per heavy atom. The van der Waals surface area contributed by atoms with Gasteiger partial charge in [-0.1, -0.05) is 48.6 Å². The number of hydrogen-bond acceptors (Lipinski definition) is 6. The first kappa shape index (κ1) is 16.5. The van der Waals surface area contributed by atoms with E-state index in [1.807, 2.05) is 55.5 Å². The number of carbonyl (C=O) groups is 1. The van der Waals surface area contributed by atoms with Crippen LogP contribution in [-0.2, 0) is 4.79 Å². The van der Waals surface area contributed by atoms with Gasteiger partial charge in [0.1, 0.15) is 5.01 Å². The van der Waals surface area contributed by atoms with E-state index in [-0.39, 0.29) is 18.6 Å². The molecule has 0 radical (unpaired) electrons. The molecule has 2 aromatic carbocycles. The average Bonchev–Trinajstić information content (AvgIpc) is 3.31. The number of aromatic nitrogens is 2. The zero-order valence-corrected chi connectivity index (χ0v) is 15.0. The van der Waals surface area contributed by atoms with Crippen molar-refractivity contribution >= 4 is 22.4 Å². The van der Waals surface area contributed by atoms with Crippen molar-refractivity contribution in [1.29, 1.82) is 0 Å². The lowest BCUT2D eigenvalue weighted by Gasteiger charge is -2.13. The minimum absolute atomic E-state index is 0.0768. The molecule has 132 valence electrons. The van der Waals surface area contributed by atoms with Crippen LogP contribution in [0.3, 0.4) is 0 Å². The van der Waals surface area contributed by atoms with Gasteiger partial charge in [0.25, 0.3) is 0 Å². The summed E-state index contributed by atoms with van der Waals surface area (Å²) in [5.74, 6) is 1.13. The minimum Gasteiger partial charge on any atom is -0.454 e. The molecule has 0 unspecified atom stereocenters. The van der Waals surface area contributed by atoms with Crippen LogP contribution < -0.4 is 14.8 Å². The van der Waals surface area contributed by atoms with Crippen molar-refractivity contribution in [3.8, 4) is 22.1 Å². The van der Waals surface area contributed by atoms with E-state index in [0.717, 1.165) is 16.9 Å². The van der Waals surface area contributed by atoms with Crippen molar-refractivity contribution in [3.63, 3.8) is 0 Å². The normalized spacial score (nSPS) is 13.4. The maximum Gasteiger partial charge on any atom is 0.233 e. The first-order valence-electron chi connectivity index (χ1n) is 8.34. The number of nitrogens with one attached hydrogen (secondary N) is 1. The maximum absolute atomic E-state index is 12.6. The van der Waals surface area contributed by atoms with Gasteiger partial charge in [-0.05, 0) is 30.2 Å². The SMILES string of the molecule is CC[C@H](C(=O)Nc1nnc(-c2ccc3c(c2)OCO3)s1)c1ccccc1. The summed E-state index contributed by atoms with van der Waals surface area (Å²) in [4.78, 5) is 12.6. The van der Waals surface area contributed by atoms with Crippen molar-refractivity contribution in [1.82, 2.24) is 10.2 Å². The Labute approximate surface area is 154 Å². The lowest BCUT2D eigenvalue weighted by molar-refractivity contribution is -0.117. The fraction of sp³-hybridized carbons (Fsp3) is 0.211. The van der Waals surface area contributed by atoms with Crippen LogP contribution in [0.25, 0.3) is 10.6 Å². The fourth-order valence-electron chi connectivity index (χ4n) is 2.87. The van der Waals surface area contributed by atoms with Gasteiger partial charge in [0.2, 0.25) is 17.8 Å². The summed E-state index contributed by atoms with van der Waals surface area (Å²) in [5, 5.41) is 12.4. The summed E-state index contributed by atoms with van der Waals surface area (Å²) in [6.07, 6.45) is 0.712. The molecular weight excluding hydrogens is 350 g/mol. The molecule has 7 heteroatoms. The number of amides is 1. The molecule has 0 saturated heterocycles. The van der Waals surface area contributed by atoms with E-state index in [1.165, 1.54) is 11.3 Å². The molecule has 1 aliphatic rings. The second kappa shape index (κ2) is 7.13. The molecule has 4 rings (SSSR count). The van der Waals surface area contributed by atoms with Crippen LogP contribution in [0.5, 0.6) is 11.5 Å². The van der Waals surface area contributed by atoms with Crippen LogP contribution >= 0.6 is 11.3 Å². The van der Waals surface area contributed by atoms with Gasteiger partial charge in [0.05, 0.1) is 5.92 Å². The van der Waals surface area contributed by atoms with Crippen LogP contribution in [0.2, 0.25) is 0 Å². The number of anilines is 1. The molecule has 1 amide bonds. The Morgan fingerprint density at radius 3 is 2.77 bits per heavy atom. The Balaban J connectivity index is 1.50. The summed E-state index contributed by atoms with van der Waals surface area (Å²) in [6.45, 7) is 2.23. The molecule has 0 saturated carbocycles. The highest BCUT2D eigenvalue weighted by molar-refractivity contribution is 7.18. The number of carbonyl (C=O) groups excluding carboxylic acids is 1. The maximum atomic E-state index is 12.6. The van der Waals surface area contributed by atoms with Crippen LogP contribution in [0.15, 0.2) is 48.5 Å². The van der Waals surface area contributed by atoms with Crippen molar-refractivity contribution in [2.24, 2.45) is 0 Å². The lowest BCUT2D eigenvalue weighted by Crippen LogP contribution is -2.20. The van der Waals surface area contributed by atoms with Gasteiger partial charge in [-0.3, -0.25) is 10.1 Å². The zero-order chi connectivity index (χ0) is 17.9. The van der Waals surface area contributed by atoms with Gasteiger partial charge >= 0.3 is 0 Å². The molecule has 1 aromatic heterocycles. The summed E-state index contributed by atoms with van der Waals surface area (Å²) < 4.78 is 10.7. The number of nitrogens with zero attached hydrogens (tertiary/aromatic N) is 2. The minimum atomic E-state index is -0.214. The Bertz CT molecular complexity index is 927. The number of hydrogen-bond donors (Lipinski definition) is 1. The second-order valence-corrected chi connectivity index (χ2v) is 6.82. The smallest absolute Gasteiger partial charge is 0.233 e. The van der Waals surface area contributed by atoms with E-state index in [0.29, 0.717) is 22.3 Å². The van der Waals surface area contributed by atoms with Crippen LogP contribution in [0, 0.1) is 0 Å². The van der Waals surface area contributed by atoms with E-state index in [1.54, 1.807) is 0 Å². The molecule has 1 aliphatic heterocycles. The monoisotopic (exact) mass is 367 g/mol. The molecule has 26 heavy (non-hydrogen) atoms. The van der Waals surface area contributed by atoms with Gasteiger partial charge in [-0.25, -0.2) is 0 Å². The van der Waals surface area contributed by atoms with E-state index in [2.05, 4.69) is 15.5 Å². The number of benzene rings is 2. The Hall–Kier alpha value is -2.93. The van der Waals surface area contributed by atoms with E-state index in [9.17, 15) is 4.79 Å². The lowest BCUT2D eigenvalue weighted by atomic mass is 9.96. The summed E-state index contributed by atoms with van der Waals surface area (Å²) >= 11 is 1.33. The summed E-state index contributed by atoms with van der Waals surface area (Å²) in [5.41, 5.74) is 1.87. The fourth-order valence-corrected chi connectivity index (χ4v) is 3.61. The molecule has 0 spiro atoms. The Kier molecular flexibility index (Phi) is 4.53. The van der Waals surface area contributed by atoms with Crippen molar-refractivity contribution in [2.75, 3.05) is 12.1 Å². The highest BCUT2D eigenvalue weighted by Crippen LogP contribution is 2.37. The first-order valence-corrected chi connectivity index (χ1v) is 9.15. The predicted octanol–water partition coefficient (Wildman–Crippen LogP) is 4.07. The van der Waals surface area contributed by atoms with Gasteiger partial charge in [0, 0.05) is 5.56 Å². The van der Waals surface area contributed by atoms with Crippen molar-refractivity contribution in [2.45, 2.75) is 19.3 Å². The van der Waals surface area contributed by atoms with Gasteiger partial charge in [-0.2, -0.15) is 0 Å². The third kappa shape index (κ3) is 3.25. The van der Waals surface area contributed by atoms with Crippen LogP contribution in [0.1, 0.15) is 24.8 Å². The highest BCUT2D eigenvalue weighted by atomic mass is 32.1. The van der Waals surface area contributed by atoms with Gasteiger partial charge in [0.15, 0.2) is 11.5 Å². The quantitative estimate of drug-likeness (QED) is 0.736. The third-order valence-corrected chi connectivity index (χ3v) is 5.09. The van der Waals surface area contributed by atoms with E-state index >= 15 is 0 Å². The molecule has 0 fully saturated rings. The largest absolute Gasteiger partial charge is 0.454 e. The molecule has 0 aliphatic carbocycles. The van der Waals surface area contributed by atoms with Gasteiger partial charge in [-0.15, -0.1) is 10.2 Å². The summed E-state index contributed by atoms with van der Waals surface area (Å²) in [6, 6.07) is 15.4. The third-order valence-electron chi connectivity index (χ3n) is 4.20. The number of ether oxygens (including phenoxy) is 2. The number of rotatable bonds is 5. The zero-order valence-electron chi connectivity index (χ0n) is 14.1. The molecule has 1 atom stereocenters.